The molecular formula is C18H17BrN2O7. The average Bonchev–Trinajstić information content (AvgIpc) is 2.67. The summed E-state index contributed by atoms with van der Waals surface area (Å²) in [6.07, 6.45) is -1.15. The lowest BCUT2D eigenvalue weighted by atomic mass is 10.2. The Bertz CT molecular complexity index is 871. The number of esters is 1. The summed E-state index contributed by atoms with van der Waals surface area (Å²) in [5, 5.41) is 13.3. The third kappa shape index (κ3) is 5.95. The summed E-state index contributed by atoms with van der Waals surface area (Å²) >= 11 is 3.29. The van der Waals surface area contributed by atoms with Crippen molar-refractivity contribution in [1.82, 2.24) is 0 Å². The molecule has 0 aliphatic carbocycles. The van der Waals surface area contributed by atoms with Gasteiger partial charge in [-0.25, -0.2) is 4.79 Å². The molecule has 0 saturated heterocycles. The van der Waals surface area contributed by atoms with Gasteiger partial charge in [0.25, 0.3) is 11.6 Å². The minimum atomic E-state index is -1.15. The van der Waals surface area contributed by atoms with Crippen molar-refractivity contribution in [3.63, 3.8) is 0 Å². The number of non-ortho nitro benzene ring substituents is 1. The monoisotopic (exact) mass is 452 g/mol. The van der Waals surface area contributed by atoms with Gasteiger partial charge in [-0.1, -0.05) is 15.9 Å². The number of rotatable bonds is 8. The first-order valence-electron chi connectivity index (χ1n) is 8.01. The van der Waals surface area contributed by atoms with Crippen molar-refractivity contribution in [2.75, 3.05) is 19.0 Å². The van der Waals surface area contributed by atoms with E-state index in [4.69, 9.17) is 14.2 Å². The second kappa shape index (κ2) is 9.70. The first kappa shape index (κ1) is 21.2. The van der Waals surface area contributed by atoms with Crippen molar-refractivity contribution in [1.29, 1.82) is 0 Å². The van der Waals surface area contributed by atoms with E-state index in [1.165, 1.54) is 26.2 Å². The lowest BCUT2D eigenvalue weighted by molar-refractivity contribution is -0.384. The van der Waals surface area contributed by atoms with E-state index in [1.807, 2.05) is 0 Å². The van der Waals surface area contributed by atoms with E-state index >= 15 is 0 Å². The molecule has 10 heteroatoms. The molecule has 0 spiro atoms. The summed E-state index contributed by atoms with van der Waals surface area (Å²) in [4.78, 5) is 34.4. The number of hydrogen-bond acceptors (Lipinski definition) is 7. The number of carbonyl (C=O) groups excluding carboxylic acids is 2. The molecule has 2 aromatic rings. The Labute approximate surface area is 168 Å². The second-order valence-corrected chi connectivity index (χ2v) is 6.42. The van der Waals surface area contributed by atoms with Gasteiger partial charge < -0.3 is 19.5 Å². The van der Waals surface area contributed by atoms with Gasteiger partial charge in [-0.15, -0.1) is 0 Å². The maximum atomic E-state index is 12.2. The van der Waals surface area contributed by atoms with Gasteiger partial charge in [0.05, 0.1) is 17.7 Å². The summed E-state index contributed by atoms with van der Waals surface area (Å²) < 4.78 is 16.2. The van der Waals surface area contributed by atoms with Gasteiger partial charge in [0, 0.05) is 16.6 Å². The van der Waals surface area contributed by atoms with Crippen molar-refractivity contribution in [2.45, 2.75) is 13.0 Å². The zero-order valence-electron chi connectivity index (χ0n) is 15.0. The first-order chi connectivity index (χ1) is 13.3. The normalized spacial score (nSPS) is 11.2. The van der Waals surface area contributed by atoms with Crippen molar-refractivity contribution >= 4 is 39.2 Å². The van der Waals surface area contributed by atoms with E-state index in [0.29, 0.717) is 5.75 Å². The van der Waals surface area contributed by atoms with E-state index in [-0.39, 0.29) is 23.7 Å². The minimum Gasteiger partial charge on any atom is -0.495 e. The van der Waals surface area contributed by atoms with Crippen LogP contribution in [-0.4, -0.2) is 36.6 Å². The van der Waals surface area contributed by atoms with Crippen LogP contribution in [0.15, 0.2) is 46.9 Å². The molecule has 0 saturated carbocycles. The minimum absolute atomic E-state index is 0.0933. The molecule has 1 unspecified atom stereocenters. The fourth-order valence-corrected chi connectivity index (χ4v) is 2.36. The van der Waals surface area contributed by atoms with Gasteiger partial charge >= 0.3 is 5.97 Å². The van der Waals surface area contributed by atoms with Crippen LogP contribution in [0.3, 0.4) is 0 Å². The molecule has 0 radical (unpaired) electrons. The number of halogens is 1. The lowest BCUT2D eigenvalue weighted by Gasteiger charge is -2.15. The highest BCUT2D eigenvalue weighted by molar-refractivity contribution is 9.10. The van der Waals surface area contributed by atoms with E-state index in [2.05, 4.69) is 21.2 Å². The molecule has 1 N–H and O–H groups in total. The molecule has 1 atom stereocenters. The van der Waals surface area contributed by atoms with E-state index < -0.39 is 22.9 Å². The largest absolute Gasteiger partial charge is 0.495 e. The summed E-state index contributed by atoms with van der Waals surface area (Å²) in [7, 11) is 1.36. The Morgan fingerprint density at radius 3 is 2.50 bits per heavy atom. The number of carbonyl (C=O) groups is 2. The van der Waals surface area contributed by atoms with Crippen molar-refractivity contribution in [3.05, 3.63) is 57.1 Å². The van der Waals surface area contributed by atoms with Gasteiger partial charge in [-0.3, -0.25) is 14.9 Å². The van der Waals surface area contributed by atoms with Gasteiger partial charge in [0.15, 0.2) is 12.7 Å². The van der Waals surface area contributed by atoms with E-state index in [0.717, 1.165) is 10.5 Å². The molecule has 0 aliphatic rings. The third-order valence-corrected chi connectivity index (χ3v) is 4.03. The fraction of sp³-hybridized carbons (Fsp3) is 0.222. The highest BCUT2D eigenvalue weighted by atomic mass is 79.9. The summed E-state index contributed by atoms with van der Waals surface area (Å²) in [5.74, 6) is -0.706. The van der Waals surface area contributed by atoms with Gasteiger partial charge in [-0.2, -0.15) is 0 Å². The molecule has 0 bridgehead atoms. The number of amides is 1. The predicted octanol–water partition coefficient (Wildman–Crippen LogP) is 3.32. The highest BCUT2D eigenvalue weighted by Crippen LogP contribution is 2.29. The number of methoxy groups -OCH3 is 1. The number of nitrogens with one attached hydrogen (secondary N) is 1. The highest BCUT2D eigenvalue weighted by Gasteiger charge is 2.21. The summed E-state index contributed by atoms with van der Waals surface area (Å²) in [6, 6.07) is 10.6. The van der Waals surface area contributed by atoms with Crippen molar-refractivity contribution < 1.29 is 28.7 Å². The zero-order valence-corrected chi connectivity index (χ0v) is 16.6. The Balaban J connectivity index is 1.93. The van der Waals surface area contributed by atoms with Crippen LogP contribution in [0, 0.1) is 10.1 Å². The Morgan fingerprint density at radius 1 is 1.21 bits per heavy atom. The van der Waals surface area contributed by atoms with Crippen LogP contribution in [0.4, 0.5) is 11.4 Å². The summed E-state index contributed by atoms with van der Waals surface area (Å²) in [5.41, 5.74) is -0.126. The smallest absolute Gasteiger partial charge is 0.344 e. The quantitative estimate of drug-likeness (QED) is 0.370. The molecule has 1 amide bonds. The number of hydrogen-bond donors (Lipinski definition) is 1. The van der Waals surface area contributed by atoms with Crippen molar-refractivity contribution in [3.8, 4) is 11.5 Å². The molecular weight excluding hydrogens is 436 g/mol. The maximum Gasteiger partial charge on any atom is 0.344 e. The molecule has 0 heterocycles. The number of benzene rings is 2. The van der Waals surface area contributed by atoms with E-state index in [1.54, 1.807) is 24.3 Å². The van der Waals surface area contributed by atoms with E-state index in [9.17, 15) is 19.7 Å². The molecule has 9 nitrogen and oxygen atoms in total. The van der Waals surface area contributed by atoms with Crippen LogP contribution in [0.1, 0.15) is 6.92 Å². The predicted molar refractivity (Wildman–Crippen MR) is 103 cm³/mol. The third-order valence-electron chi connectivity index (χ3n) is 3.50. The van der Waals surface area contributed by atoms with Crippen LogP contribution < -0.4 is 14.8 Å². The molecule has 28 heavy (non-hydrogen) atoms. The second-order valence-electron chi connectivity index (χ2n) is 5.51. The number of nitrogens with zero attached hydrogens (tertiary/aromatic N) is 1. The molecule has 148 valence electrons. The number of nitro groups is 1. The molecule has 0 aliphatic heterocycles. The first-order valence-corrected chi connectivity index (χ1v) is 8.80. The number of anilines is 1. The number of ether oxygens (including phenoxy) is 3. The average molecular weight is 453 g/mol. The van der Waals surface area contributed by atoms with Crippen LogP contribution >= 0.6 is 15.9 Å². The molecule has 2 rings (SSSR count). The topological polar surface area (TPSA) is 117 Å². The van der Waals surface area contributed by atoms with Crippen LogP contribution in [0.25, 0.3) is 0 Å². The Morgan fingerprint density at radius 2 is 1.89 bits per heavy atom. The Hall–Kier alpha value is -3.14. The number of nitro benzene ring substituents is 1. The fourth-order valence-electron chi connectivity index (χ4n) is 2.10. The van der Waals surface area contributed by atoms with Crippen molar-refractivity contribution in [2.24, 2.45) is 0 Å². The molecule has 2 aromatic carbocycles. The molecule has 0 aromatic heterocycles. The van der Waals surface area contributed by atoms with Crippen LogP contribution in [-0.2, 0) is 14.3 Å². The van der Waals surface area contributed by atoms with Gasteiger partial charge in [-0.05, 0) is 37.3 Å². The summed E-state index contributed by atoms with van der Waals surface area (Å²) in [6.45, 7) is 0.996. The van der Waals surface area contributed by atoms with Gasteiger partial charge in [0.2, 0.25) is 0 Å². The SMILES string of the molecule is COc1ccc([N+](=O)[O-])cc1NC(=O)C(C)OC(=O)COc1ccc(Br)cc1. The van der Waals surface area contributed by atoms with Crippen LogP contribution in [0.2, 0.25) is 0 Å². The lowest BCUT2D eigenvalue weighted by Crippen LogP contribution is -2.31. The standard InChI is InChI=1S/C18H17BrN2O7/c1-11(28-17(22)10-27-14-6-3-12(19)4-7-14)18(23)20-15-9-13(21(24)25)5-8-16(15)26-2/h3-9,11H,10H2,1-2H3,(H,20,23). The Kier molecular flexibility index (Phi) is 7.33. The van der Waals surface area contributed by atoms with Gasteiger partial charge in [0.1, 0.15) is 11.5 Å². The van der Waals surface area contributed by atoms with Crippen LogP contribution in [0.5, 0.6) is 11.5 Å². The maximum absolute atomic E-state index is 12.2. The molecule has 0 fully saturated rings. The zero-order chi connectivity index (χ0) is 20.7.